The summed E-state index contributed by atoms with van der Waals surface area (Å²) < 4.78 is 0. The van der Waals surface area contributed by atoms with Gasteiger partial charge in [0.25, 0.3) is 0 Å². The highest BCUT2D eigenvalue weighted by atomic mass is 14.9. The van der Waals surface area contributed by atoms with Gasteiger partial charge >= 0.3 is 0 Å². The zero-order valence-corrected chi connectivity index (χ0v) is 6.76. The molecule has 0 saturated heterocycles. The lowest BCUT2D eigenvalue weighted by molar-refractivity contribution is 1.11. The van der Waals surface area contributed by atoms with Gasteiger partial charge in [-0.3, -0.25) is 4.98 Å². The number of nitrogens with zero attached hydrogens (tertiary/aromatic N) is 2. The van der Waals surface area contributed by atoms with Gasteiger partial charge in [0.2, 0.25) is 0 Å². The van der Waals surface area contributed by atoms with Crippen LogP contribution in [0.3, 0.4) is 0 Å². The average Bonchev–Trinajstić information content (AvgIpc) is 1.94. The van der Waals surface area contributed by atoms with Crippen LogP contribution in [0.25, 0.3) is 5.57 Å². The van der Waals surface area contributed by atoms with Gasteiger partial charge in [-0.2, -0.15) is 0 Å². The summed E-state index contributed by atoms with van der Waals surface area (Å²) in [5, 5.41) is 0. The molecule has 58 valence electrons. The van der Waals surface area contributed by atoms with Crippen molar-refractivity contribution in [3.63, 3.8) is 0 Å². The quantitative estimate of drug-likeness (QED) is 0.656. The van der Waals surface area contributed by atoms with E-state index in [1.165, 1.54) is 0 Å². The second-order valence-corrected chi connectivity index (χ2v) is 2.51. The van der Waals surface area contributed by atoms with Crippen molar-refractivity contribution in [3.8, 4) is 0 Å². The summed E-state index contributed by atoms with van der Waals surface area (Å²) in [4.78, 5) is 8.14. The molecule has 0 fully saturated rings. The summed E-state index contributed by atoms with van der Waals surface area (Å²) in [5.74, 6) is 0.477. The van der Waals surface area contributed by atoms with Crippen molar-refractivity contribution in [2.45, 2.75) is 13.8 Å². The molecule has 0 radical (unpaired) electrons. The van der Waals surface area contributed by atoms with E-state index in [-0.39, 0.29) is 0 Å². The van der Waals surface area contributed by atoms with E-state index in [4.69, 9.17) is 5.73 Å². The first kappa shape index (κ1) is 7.72. The molecule has 2 N–H and O–H groups in total. The van der Waals surface area contributed by atoms with Crippen molar-refractivity contribution >= 4 is 11.4 Å². The van der Waals surface area contributed by atoms with Crippen LogP contribution in [0.1, 0.15) is 18.3 Å². The third-order valence-corrected chi connectivity index (χ3v) is 1.43. The number of aromatic nitrogens is 2. The number of aryl methyl sites for hydroxylation is 1. The van der Waals surface area contributed by atoms with Crippen LogP contribution < -0.4 is 5.73 Å². The highest BCUT2D eigenvalue weighted by molar-refractivity contribution is 5.58. The molecule has 0 aliphatic rings. The van der Waals surface area contributed by atoms with E-state index >= 15 is 0 Å². The van der Waals surface area contributed by atoms with Crippen LogP contribution in [0.2, 0.25) is 0 Å². The summed E-state index contributed by atoms with van der Waals surface area (Å²) in [6.45, 7) is 7.44. The molecule has 3 nitrogen and oxygen atoms in total. The Morgan fingerprint density at radius 3 is 2.73 bits per heavy atom. The van der Waals surface area contributed by atoms with Crippen molar-refractivity contribution in [1.82, 2.24) is 9.97 Å². The van der Waals surface area contributed by atoms with Crippen molar-refractivity contribution in [3.05, 3.63) is 24.2 Å². The Balaban J connectivity index is 3.15. The van der Waals surface area contributed by atoms with Gasteiger partial charge in [0.15, 0.2) is 0 Å². The lowest BCUT2D eigenvalue weighted by atomic mass is 10.2. The summed E-state index contributed by atoms with van der Waals surface area (Å²) in [7, 11) is 0. The highest BCUT2D eigenvalue weighted by Crippen LogP contribution is 2.10. The minimum absolute atomic E-state index is 0.477. The van der Waals surface area contributed by atoms with Crippen molar-refractivity contribution in [1.29, 1.82) is 0 Å². The van der Waals surface area contributed by atoms with E-state index in [2.05, 4.69) is 16.5 Å². The predicted molar refractivity (Wildman–Crippen MR) is 45.9 cm³/mol. The molecule has 0 aromatic carbocycles. The van der Waals surface area contributed by atoms with Crippen LogP contribution in [0.4, 0.5) is 5.82 Å². The van der Waals surface area contributed by atoms with E-state index in [1.54, 1.807) is 6.20 Å². The van der Waals surface area contributed by atoms with Crippen molar-refractivity contribution < 1.29 is 0 Å². The average molecular weight is 149 g/mol. The smallest absolute Gasteiger partial charge is 0.145 e. The zero-order chi connectivity index (χ0) is 8.43. The molecule has 3 heteroatoms. The number of rotatable bonds is 1. The van der Waals surface area contributed by atoms with E-state index in [1.807, 2.05) is 13.8 Å². The Hall–Kier alpha value is -1.38. The van der Waals surface area contributed by atoms with E-state index < -0.39 is 0 Å². The highest BCUT2D eigenvalue weighted by Gasteiger charge is 1.99. The minimum atomic E-state index is 0.477. The molecule has 1 heterocycles. The minimum Gasteiger partial charge on any atom is -0.382 e. The maximum absolute atomic E-state index is 5.54. The molecular weight excluding hydrogens is 138 g/mol. The van der Waals surface area contributed by atoms with Gasteiger partial charge in [-0.25, -0.2) is 4.98 Å². The van der Waals surface area contributed by atoms with Crippen LogP contribution in [-0.4, -0.2) is 9.97 Å². The molecule has 0 saturated carbocycles. The largest absolute Gasteiger partial charge is 0.382 e. The molecule has 11 heavy (non-hydrogen) atoms. The second kappa shape index (κ2) is 2.70. The van der Waals surface area contributed by atoms with Gasteiger partial charge in [-0.1, -0.05) is 6.58 Å². The third-order valence-electron chi connectivity index (χ3n) is 1.43. The lowest BCUT2D eigenvalue weighted by Crippen LogP contribution is -1.99. The SMILES string of the molecule is C=C(C)c1cnc(C)c(N)n1. The first-order valence-electron chi connectivity index (χ1n) is 3.36. The van der Waals surface area contributed by atoms with Gasteiger partial charge in [0.05, 0.1) is 17.6 Å². The number of nitrogens with two attached hydrogens (primary N) is 1. The van der Waals surface area contributed by atoms with Gasteiger partial charge in [0.1, 0.15) is 5.82 Å². The Labute approximate surface area is 66.0 Å². The molecule has 0 atom stereocenters. The number of nitrogen functional groups attached to an aromatic ring is 1. The summed E-state index contributed by atoms with van der Waals surface area (Å²) in [6, 6.07) is 0. The molecule has 0 bridgehead atoms. The van der Waals surface area contributed by atoms with Crippen LogP contribution in [-0.2, 0) is 0 Å². The lowest BCUT2D eigenvalue weighted by Gasteiger charge is -2.01. The summed E-state index contributed by atoms with van der Waals surface area (Å²) >= 11 is 0. The van der Waals surface area contributed by atoms with Gasteiger partial charge in [0, 0.05) is 0 Å². The Morgan fingerprint density at radius 1 is 1.64 bits per heavy atom. The third kappa shape index (κ3) is 1.55. The number of hydrogen-bond acceptors (Lipinski definition) is 3. The van der Waals surface area contributed by atoms with Crippen LogP contribution in [0.15, 0.2) is 12.8 Å². The topological polar surface area (TPSA) is 51.8 Å². The van der Waals surface area contributed by atoms with E-state index in [9.17, 15) is 0 Å². The van der Waals surface area contributed by atoms with Crippen LogP contribution in [0.5, 0.6) is 0 Å². The maximum atomic E-state index is 5.54. The Kier molecular flexibility index (Phi) is 1.89. The van der Waals surface area contributed by atoms with Gasteiger partial charge in [-0.05, 0) is 19.4 Å². The van der Waals surface area contributed by atoms with E-state index in [0.717, 1.165) is 17.0 Å². The van der Waals surface area contributed by atoms with Gasteiger partial charge < -0.3 is 5.73 Å². The normalized spacial score (nSPS) is 9.64. The molecule has 0 amide bonds. The Morgan fingerprint density at radius 2 is 2.27 bits per heavy atom. The predicted octanol–water partition coefficient (Wildman–Crippen LogP) is 1.40. The standard InChI is InChI=1S/C8H11N3/c1-5(2)7-4-10-6(3)8(9)11-7/h4H,1H2,2-3H3,(H2,9,11). The first-order chi connectivity index (χ1) is 5.11. The fourth-order valence-corrected chi connectivity index (χ4v) is 0.669. The van der Waals surface area contributed by atoms with Crippen LogP contribution in [0, 0.1) is 6.92 Å². The molecule has 0 spiro atoms. The molecule has 1 aromatic heterocycles. The zero-order valence-electron chi connectivity index (χ0n) is 6.76. The molecular formula is C8H11N3. The molecule has 0 unspecified atom stereocenters. The van der Waals surface area contributed by atoms with Crippen LogP contribution >= 0.6 is 0 Å². The first-order valence-corrected chi connectivity index (χ1v) is 3.36. The van der Waals surface area contributed by atoms with Gasteiger partial charge in [-0.15, -0.1) is 0 Å². The molecule has 0 aliphatic heterocycles. The number of anilines is 1. The van der Waals surface area contributed by atoms with E-state index in [0.29, 0.717) is 5.82 Å². The Bertz CT molecular complexity index is 291. The fourth-order valence-electron chi connectivity index (χ4n) is 0.669. The number of hydrogen-bond donors (Lipinski definition) is 1. The summed E-state index contributed by atoms with van der Waals surface area (Å²) in [6.07, 6.45) is 1.67. The maximum Gasteiger partial charge on any atom is 0.145 e. The molecule has 1 rings (SSSR count). The van der Waals surface area contributed by atoms with Crippen molar-refractivity contribution in [2.24, 2.45) is 0 Å². The van der Waals surface area contributed by atoms with Crippen molar-refractivity contribution in [2.75, 3.05) is 5.73 Å². The fraction of sp³-hybridized carbons (Fsp3) is 0.250. The monoisotopic (exact) mass is 149 g/mol. The summed E-state index contributed by atoms with van der Waals surface area (Å²) in [5.41, 5.74) is 7.94. The second-order valence-electron chi connectivity index (χ2n) is 2.51. The molecule has 1 aromatic rings. The number of allylic oxidation sites excluding steroid dienone is 1. The molecule has 0 aliphatic carbocycles.